The molecule has 0 aliphatic carbocycles. The monoisotopic (exact) mass is 420 g/mol. The highest BCUT2D eigenvalue weighted by Crippen LogP contribution is 2.19. The molecule has 0 unspecified atom stereocenters. The molecular formula is C21H28N2O5S. The summed E-state index contributed by atoms with van der Waals surface area (Å²) in [7, 11) is -3.57. The highest BCUT2D eigenvalue weighted by molar-refractivity contribution is 7.86. The molecule has 0 aromatic heterocycles. The molecule has 0 bridgehead atoms. The minimum Gasteiger partial charge on any atom is -0.494 e. The number of hydrogen-bond acceptors (Lipinski definition) is 5. The second kappa shape index (κ2) is 10.2. The lowest BCUT2D eigenvalue weighted by atomic mass is 10.1. The van der Waals surface area contributed by atoms with E-state index in [1.807, 2.05) is 32.9 Å². The molecule has 8 heteroatoms. The molecule has 0 saturated carbocycles. The van der Waals surface area contributed by atoms with Crippen molar-refractivity contribution in [3.63, 3.8) is 0 Å². The predicted octanol–water partition coefficient (Wildman–Crippen LogP) is 4.26. The van der Waals surface area contributed by atoms with Crippen LogP contribution in [0.15, 0.2) is 48.5 Å². The Morgan fingerprint density at radius 1 is 1.03 bits per heavy atom. The van der Waals surface area contributed by atoms with Crippen LogP contribution in [-0.2, 0) is 16.7 Å². The summed E-state index contributed by atoms with van der Waals surface area (Å²) in [5.41, 5.74) is 1.55. The highest BCUT2D eigenvalue weighted by Gasteiger charge is 2.19. The Bertz CT molecular complexity index is 896. The molecule has 0 aliphatic heterocycles. The van der Waals surface area contributed by atoms with E-state index in [1.54, 1.807) is 41.3 Å². The van der Waals surface area contributed by atoms with Gasteiger partial charge in [-0.15, -0.1) is 0 Å². The average molecular weight is 421 g/mol. The van der Waals surface area contributed by atoms with Gasteiger partial charge in [0, 0.05) is 18.3 Å². The third-order valence-electron chi connectivity index (χ3n) is 4.32. The van der Waals surface area contributed by atoms with E-state index in [2.05, 4.69) is 5.32 Å². The zero-order valence-electron chi connectivity index (χ0n) is 17.2. The number of carbonyl (C=O) groups is 1. The Hall–Kier alpha value is -2.74. The van der Waals surface area contributed by atoms with Crippen molar-refractivity contribution in [1.29, 1.82) is 0 Å². The quantitative estimate of drug-likeness (QED) is 0.613. The van der Waals surface area contributed by atoms with Gasteiger partial charge < -0.3 is 19.1 Å². The fraction of sp³-hybridized carbons (Fsp3) is 0.381. The molecular weight excluding hydrogens is 392 g/mol. The van der Waals surface area contributed by atoms with Gasteiger partial charge in [0.15, 0.2) is 0 Å². The molecule has 0 heterocycles. The van der Waals surface area contributed by atoms with Crippen LogP contribution in [0.2, 0.25) is 0 Å². The number of nitrogens with zero attached hydrogens (tertiary/aromatic N) is 1. The molecule has 0 aliphatic rings. The standard InChI is InChI=1S/C21H28N2O5S/c1-5-16(3)23(15-17-7-11-20(12-8-17)28-29(4,25)26)21(24)22-18-9-13-19(14-10-18)27-6-2/h7-14,16H,5-6,15H2,1-4H3,(H,22,24)/t16-/m0/s1. The number of carbonyl (C=O) groups excluding carboxylic acids is 1. The Labute approximate surface area is 172 Å². The topological polar surface area (TPSA) is 84.9 Å². The summed E-state index contributed by atoms with van der Waals surface area (Å²) >= 11 is 0. The van der Waals surface area contributed by atoms with Gasteiger partial charge in [0.25, 0.3) is 0 Å². The molecule has 158 valence electrons. The summed E-state index contributed by atoms with van der Waals surface area (Å²) in [6.45, 7) is 6.89. The van der Waals surface area contributed by atoms with Crippen LogP contribution in [0.1, 0.15) is 32.8 Å². The number of hydrogen-bond donors (Lipinski definition) is 1. The predicted molar refractivity (Wildman–Crippen MR) is 114 cm³/mol. The van der Waals surface area contributed by atoms with E-state index in [-0.39, 0.29) is 17.8 Å². The molecule has 0 spiro atoms. The SMILES string of the molecule is CCOc1ccc(NC(=O)N(Cc2ccc(OS(C)(=O)=O)cc2)[C@@H](C)CC)cc1. The van der Waals surface area contributed by atoms with Crippen LogP contribution in [0.3, 0.4) is 0 Å². The first kappa shape index (κ1) is 22.5. The van der Waals surface area contributed by atoms with E-state index in [1.165, 1.54) is 0 Å². The minimum absolute atomic E-state index is 0.0182. The van der Waals surface area contributed by atoms with Gasteiger partial charge in [-0.2, -0.15) is 8.42 Å². The van der Waals surface area contributed by atoms with Gasteiger partial charge in [0.2, 0.25) is 0 Å². The first-order chi connectivity index (χ1) is 13.7. The fourth-order valence-electron chi connectivity index (χ4n) is 2.67. The number of anilines is 1. The van der Waals surface area contributed by atoms with Crippen LogP contribution in [0.5, 0.6) is 11.5 Å². The van der Waals surface area contributed by atoms with Gasteiger partial charge >= 0.3 is 16.1 Å². The van der Waals surface area contributed by atoms with Crippen molar-refractivity contribution in [2.45, 2.75) is 39.8 Å². The lowest BCUT2D eigenvalue weighted by molar-refractivity contribution is 0.187. The summed E-state index contributed by atoms with van der Waals surface area (Å²) in [6, 6.07) is 13.7. The van der Waals surface area contributed by atoms with Crippen LogP contribution >= 0.6 is 0 Å². The van der Waals surface area contributed by atoms with Crippen LogP contribution < -0.4 is 14.2 Å². The van der Waals surface area contributed by atoms with Crippen LogP contribution in [-0.4, -0.2) is 38.3 Å². The van der Waals surface area contributed by atoms with Gasteiger partial charge in [-0.3, -0.25) is 0 Å². The summed E-state index contributed by atoms with van der Waals surface area (Å²) in [6.07, 6.45) is 1.79. The zero-order valence-corrected chi connectivity index (χ0v) is 18.0. The molecule has 2 aromatic carbocycles. The first-order valence-electron chi connectivity index (χ1n) is 9.50. The van der Waals surface area contributed by atoms with Gasteiger partial charge in [-0.25, -0.2) is 4.79 Å². The minimum atomic E-state index is -3.57. The number of urea groups is 1. The van der Waals surface area contributed by atoms with Gasteiger partial charge in [-0.05, 0) is 62.2 Å². The van der Waals surface area contributed by atoms with Crippen LogP contribution in [0, 0.1) is 0 Å². The largest absolute Gasteiger partial charge is 0.494 e. The number of nitrogens with one attached hydrogen (secondary N) is 1. The maximum atomic E-state index is 12.9. The molecule has 2 aromatic rings. The Morgan fingerprint density at radius 3 is 2.14 bits per heavy atom. The number of benzene rings is 2. The smallest absolute Gasteiger partial charge is 0.322 e. The van der Waals surface area contributed by atoms with E-state index in [0.29, 0.717) is 18.8 Å². The van der Waals surface area contributed by atoms with Gasteiger partial charge in [-0.1, -0.05) is 19.1 Å². The molecule has 7 nitrogen and oxygen atoms in total. The normalized spacial score (nSPS) is 12.1. The Kier molecular flexibility index (Phi) is 7.90. The highest BCUT2D eigenvalue weighted by atomic mass is 32.2. The molecule has 29 heavy (non-hydrogen) atoms. The lowest BCUT2D eigenvalue weighted by Crippen LogP contribution is -2.40. The third kappa shape index (κ3) is 7.30. The molecule has 1 atom stereocenters. The molecule has 2 rings (SSSR count). The molecule has 0 fully saturated rings. The summed E-state index contributed by atoms with van der Waals surface area (Å²) < 4.78 is 32.7. The molecule has 2 amide bonds. The maximum absolute atomic E-state index is 12.9. The number of amides is 2. The van der Waals surface area contributed by atoms with Crippen molar-refractivity contribution < 1.29 is 22.1 Å². The zero-order chi connectivity index (χ0) is 21.4. The average Bonchev–Trinajstić information content (AvgIpc) is 2.67. The van der Waals surface area contributed by atoms with Crippen LogP contribution in [0.25, 0.3) is 0 Å². The summed E-state index contributed by atoms with van der Waals surface area (Å²) in [4.78, 5) is 14.6. The Balaban J connectivity index is 2.09. The van der Waals surface area contributed by atoms with E-state index < -0.39 is 10.1 Å². The maximum Gasteiger partial charge on any atom is 0.322 e. The Morgan fingerprint density at radius 2 is 1.62 bits per heavy atom. The summed E-state index contributed by atoms with van der Waals surface area (Å²) in [5, 5.41) is 2.92. The number of ether oxygens (including phenoxy) is 1. The summed E-state index contributed by atoms with van der Waals surface area (Å²) in [5.74, 6) is 0.992. The van der Waals surface area contributed by atoms with Gasteiger partial charge in [0.1, 0.15) is 11.5 Å². The third-order valence-corrected chi connectivity index (χ3v) is 4.82. The second-order valence-corrected chi connectivity index (χ2v) is 8.28. The molecule has 1 N–H and O–H groups in total. The van der Waals surface area contributed by atoms with Crippen molar-refractivity contribution in [2.24, 2.45) is 0 Å². The molecule has 0 saturated heterocycles. The van der Waals surface area contributed by atoms with E-state index in [9.17, 15) is 13.2 Å². The van der Waals surface area contributed by atoms with Gasteiger partial charge in [0.05, 0.1) is 12.9 Å². The second-order valence-electron chi connectivity index (χ2n) is 6.70. The van der Waals surface area contributed by atoms with E-state index in [0.717, 1.165) is 24.0 Å². The van der Waals surface area contributed by atoms with Crippen molar-refractivity contribution in [2.75, 3.05) is 18.2 Å². The van der Waals surface area contributed by atoms with Crippen molar-refractivity contribution >= 4 is 21.8 Å². The van der Waals surface area contributed by atoms with Crippen LogP contribution in [0.4, 0.5) is 10.5 Å². The van der Waals surface area contributed by atoms with Crippen molar-refractivity contribution in [1.82, 2.24) is 4.90 Å². The van der Waals surface area contributed by atoms with Crippen molar-refractivity contribution in [3.8, 4) is 11.5 Å². The lowest BCUT2D eigenvalue weighted by Gasteiger charge is -2.29. The van der Waals surface area contributed by atoms with Crippen molar-refractivity contribution in [3.05, 3.63) is 54.1 Å². The van der Waals surface area contributed by atoms with E-state index >= 15 is 0 Å². The fourth-order valence-corrected chi connectivity index (χ4v) is 3.13. The first-order valence-corrected chi connectivity index (χ1v) is 11.3. The molecule has 0 radical (unpaired) electrons. The number of rotatable bonds is 9. The van der Waals surface area contributed by atoms with E-state index in [4.69, 9.17) is 8.92 Å².